The fourth-order valence-electron chi connectivity index (χ4n) is 4.62. The Labute approximate surface area is 238 Å². The Morgan fingerprint density at radius 2 is 0.875 bits per heavy atom. The molecular formula is C36H40N2O2. The summed E-state index contributed by atoms with van der Waals surface area (Å²) >= 11 is 0. The largest absolute Gasteiger partial charge is 0.507 e. The van der Waals surface area contributed by atoms with Crippen molar-refractivity contribution in [3.05, 3.63) is 118 Å². The van der Waals surface area contributed by atoms with Gasteiger partial charge in [0, 0.05) is 23.6 Å². The topological polar surface area (TPSA) is 65.2 Å². The fraction of sp³-hybridized carbons (Fsp3) is 0.278. The van der Waals surface area contributed by atoms with E-state index in [1.165, 1.54) is 11.1 Å². The first-order chi connectivity index (χ1) is 18.9. The van der Waals surface area contributed by atoms with Gasteiger partial charge in [0.1, 0.15) is 11.5 Å². The van der Waals surface area contributed by atoms with Crippen LogP contribution in [0.2, 0.25) is 0 Å². The maximum absolute atomic E-state index is 10.7. The first kappa shape index (κ1) is 28.8. The molecule has 0 aliphatic carbocycles. The summed E-state index contributed by atoms with van der Waals surface area (Å²) in [6.45, 7) is 12.5. The van der Waals surface area contributed by atoms with E-state index in [9.17, 15) is 10.2 Å². The minimum Gasteiger partial charge on any atom is -0.507 e. The van der Waals surface area contributed by atoms with Gasteiger partial charge in [0.2, 0.25) is 0 Å². The summed E-state index contributed by atoms with van der Waals surface area (Å²) in [7, 11) is 0. The fourth-order valence-corrected chi connectivity index (χ4v) is 4.62. The standard InChI is InChI=1S/C36H40N2O2/c1-35(2,3)31-11-7-9-27(33(31)39)23-37-29-19-15-25(16-20-29)13-14-26-17-21-30(22-18-26)38-24-28-10-8-12-32(34(28)40)36(4,5)6/h7-12,15-24,39-40H,13-14H2,1-6H3. The molecule has 4 nitrogen and oxygen atoms in total. The molecule has 0 aliphatic rings. The molecule has 0 saturated heterocycles. The lowest BCUT2D eigenvalue weighted by Crippen LogP contribution is -2.11. The Hall–Kier alpha value is -4.18. The molecule has 0 spiro atoms. The Kier molecular flexibility index (Phi) is 8.58. The second-order valence-corrected chi connectivity index (χ2v) is 12.3. The smallest absolute Gasteiger partial charge is 0.128 e. The molecule has 0 fully saturated rings. The van der Waals surface area contributed by atoms with E-state index < -0.39 is 0 Å². The highest BCUT2D eigenvalue weighted by molar-refractivity contribution is 5.87. The second kappa shape index (κ2) is 11.9. The van der Waals surface area contributed by atoms with Crippen molar-refractivity contribution in [3.63, 3.8) is 0 Å². The van der Waals surface area contributed by atoms with Crippen molar-refractivity contribution in [1.29, 1.82) is 0 Å². The molecule has 0 unspecified atom stereocenters. The number of aryl methyl sites for hydroxylation is 2. The van der Waals surface area contributed by atoms with Crippen molar-refractivity contribution in [2.75, 3.05) is 0 Å². The molecule has 4 rings (SSSR count). The highest BCUT2D eigenvalue weighted by Gasteiger charge is 2.20. The van der Waals surface area contributed by atoms with E-state index in [1.807, 2.05) is 60.7 Å². The van der Waals surface area contributed by atoms with Gasteiger partial charge < -0.3 is 10.2 Å². The highest BCUT2D eigenvalue weighted by atomic mass is 16.3. The van der Waals surface area contributed by atoms with E-state index >= 15 is 0 Å². The maximum atomic E-state index is 10.7. The van der Waals surface area contributed by atoms with Gasteiger partial charge in [-0.15, -0.1) is 0 Å². The SMILES string of the molecule is CC(C)(C)c1cccc(C=Nc2ccc(CCc3ccc(N=Cc4cccc(C(C)(C)C)c4O)cc3)cc2)c1O. The van der Waals surface area contributed by atoms with Crippen LogP contribution < -0.4 is 0 Å². The Bertz CT molecular complexity index is 1380. The van der Waals surface area contributed by atoms with Crippen LogP contribution in [0.3, 0.4) is 0 Å². The predicted octanol–water partition coefficient (Wildman–Crippen LogP) is 8.98. The molecule has 0 aliphatic heterocycles. The molecule has 4 aromatic carbocycles. The van der Waals surface area contributed by atoms with Crippen LogP contribution in [0.4, 0.5) is 11.4 Å². The number of aromatic hydroxyl groups is 2. The van der Waals surface area contributed by atoms with E-state index in [4.69, 9.17) is 0 Å². The first-order valence-corrected chi connectivity index (χ1v) is 13.8. The quantitative estimate of drug-likeness (QED) is 0.233. The Morgan fingerprint density at radius 1 is 0.525 bits per heavy atom. The van der Waals surface area contributed by atoms with Gasteiger partial charge in [-0.1, -0.05) is 90.1 Å². The summed E-state index contributed by atoms with van der Waals surface area (Å²) in [6, 6.07) is 28.1. The number of hydrogen-bond donors (Lipinski definition) is 2. The summed E-state index contributed by atoms with van der Waals surface area (Å²) in [4.78, 5) is 9.15. The third kappa shape index (κ3) is 7.26. The van der Waals surface area contributed by atoms with Crippen molar-refractivity contribution < 1.29 is 10.2 Å². The maximum Gasteiger partial charge on any atom is 0.128 e. The number of nitrogens with zero attached hydrogens (tertiary/aromatic N) is 2. The summed E-state index contributed by atoms with van der Waals surface area (Å²) in [5.74, 6) is 0.583. The Morgan fingerprint density at radius 3 is 1.20 bits per heavy atom. The van der Waals surface area contributed by atoms with Crippen LogP contribution in [-0.2, 0) is 23.7 Å². The summed E-state index contributed by atoms with van der Waals surface area (Å²) in [6.07, 6.45) is 5.31. The molecule has 0 amide bonds. The number of benzene rings is 4. The lowest BCUT2D eigenvalue weighted by Gasteiger charge is -2.21. The molecule has 0 saturated carbocycles. The normalized spacial score (nSPS) is 12.4. The third-order valence-corrected chi connectivity index (χ3v) is 7.03. The minimum absolute atomic E-state index is 0.133. The molecule has 0 radical (unpaired) electrons. The molecule has 0 aromatic heterocycles. The van der Waals surface area contributed by atoms with Crippen LogP contribution in [0.5, 0.6) is 11.5 Å². The summed E-state index contributed by atoms with van der Waals surface area (Å²) < 4.78 is 0. The number of aliphatic imine (C=N–C) groups is 2. The zero-order valence-corrected chi connectivity index (χ0v) is 24.4. The lowest BCUT2D eigenvalue weighted by molar-refractivity contribution is 0.445. The predicted molar refractivity (Wildman–Crippen MR) is 168 cm³/mol. The van der Waals surface area contributed by atoms with Crippen molar-refractivity contribution >= 4 is 23.8 Å². The van der Waals surface area contributed by atoms with E-state index in [0.717, 1.165) is 46.5 Å². The number of phenolic OH excluding ortho intramolecular Hbond substituents is 2. The molecule has 4 heteroatoms. The van der Waals surface area contributed by atoms with Crippen molar-refractivity contribution in [2.45, 2.75) is 65.2 Å². The van der Waals surface area contributed by atoms with Crippen molar-refractivity contribution in [3.8, 4) is 11.5 Å². The molecule has 0 atom stereocenters. The van der Waals surface area contributed by atoms with Gasteiger partial charge >= 0.3 is 0 Å². The van der Waals surface area contributed by atoms with Crippen molar-refractivity contribution in [1.82, 2.24) is 0 Å². The van der Waals surface area contributed by atoms with Crippen molar-refractivity contribution in [2.24, 2.45) is 9.98 Å². The molecule has 0 bridgehead atoms. The number of para-hydroxylation sites is 2. The van der Waals surface area contributed by atoms with Crippen LogP contribution >= 0.6 is 0 Å². The molecular weight excluding hydrogens is 492 g/mol. The average molecular weight is 533 g/mol. The first-order valence-electron chi connectivity index (χ1n) is 13.8. The number of rotatable bonds is 7. The second-order valence-electron chi connectivity index (χ2n) is 12.3. The van der Waals surface area contributed by atoms with Gasteiger partial charge in [0.25, 0.3) is 0 Å². The van der Waals surface area contributed by atoms with Gasteiger partial charge in [-0.25, -0.2) is 0 Å². The Balaban J connectivity index is 1.35. The van der Waals surface area contributed by atoms with Gasteiger partial charge in [0.15, 0.2) is 0 Å². The van der Waals surface area contributed by atoms with Crippen LogP contribution in [0.15, 0.2) is 94.9 Å². The monoisotopic (exact) mass is 532 g/mol. The number of phenols is 2. The zero-order chi connectivity index (χ0) is 28.9. The third-order valence-electron chi connectivity index (χ3n) is 7.03. The van der Waals surface area contributed by atoms with E-state index in [-0.39, 0.29) is 10.8 Å². The molecule has 206 valence electrons. The number of hydrogen-bond acceptors (Lipinski definition) is 4. The van der Waals surface area contributed by atoms with Crippen LogP contribution in [0, 0.1) is 0 Å². The molecule has 0 heterocycles. The minimum atomic E-state index is -0.133. The van der Waals surface area contributed by atoms with Crippen LogP contribution in [0.25, 0.3) is 0 Å². The van der Waals surface area contributed by atoms with Gasteiger partial charge in [-0.3, -0.25) is 9.98 Å². The van der Waals surface area contributed by atoms with Gasteiger partial charge in [0.05, 0.1) is 11.4 Å². The van der Waals surface area contributed by atoms with Crippen LogP contribution in [-0.4, -0.2) is 22.6 Å². The van der Waals surface area contributed by atoms with Gasteiger partial charge in [-0.05, 0) is 82.3 Å². The molecule has 40 heavy (non-hydrogen) atoms. The zero-order valence-electron chi connectivity index (χ0n) is 24.4. The summed E-state index contributed by atoms with van der Waals surface area (Å²) in [5.41, 5.74) is 7.20. The lowest BCUT2D eigenvalue weighted by atomic mass is 9.85. The van der Waals surface area contributed by atoms with E-state index in [2.05, 4.69) is 75.8 Å². The molecule has 4 aromatic rings. The van der Waals surface area contributed by atoms with Crippen LogP contribution in [0.1, 0.15) is 74.9 Å². The highest BCUT2D eigenvalue weighted by Crippen LogP contribution is 2.33. The average Bonchev–Trinajstić information content (AvgIpc) is 2.90. The summed E-state index contributed by atoms with van der Waals surface area (Å²) in [5, 5.41) is 21.3. The van der Waals surface area contributed by atoms with Gasteiger partial charge in [-0.2, -0.15) is 0 Å². The molecule has 2 N–H and O–H groups in total. The van der Waals surface area contributed by atoms with E-state index in [1.54, 1.807) is 12.4 Å². The van der Waals surface area contributed by atoms with E-state index in [0.29, 0.717) is 11.5 Å².